The average molecular weight is 385 g/mol. The summed E-state index contributed by atoms with van der Waals surface area (Å²) in [5.74, 6) is -0.779. The van der Waals surface area contributed by atoms with Crippen molar-refractivity contribution in [1.82, 2.24) is 4.98 Å². The molecule has 0 aliphatic heterocycles. The van der Waals surface area contributed by atoms with E-state index < -0.39 is 5.97 Å². The van der Waals surface area contributed by atoms with Crippen LogP contribution in [-0.2, 0) is 4.74 Å². The molecule has 0 aliphatic carbocycles. The van der Waals surface area contributed by atoms with Gasteiger partial charge in [-0.15, -0.1) is 11.3 Å². The third kappa shape index (κ3) is 3.85. The Morgan fingerprint density at radius 2 is 1.96 bits per heavy atom. The Labute approximate surface area is 159 Å². The number of pyridine rings is 1. The van der Waals surface area contributed by atoms with Crippen LogP contribution in [0.4, 0.5) is 11.4 Å². The number of amides is 1. The van der Waals surface area contributed by atoms with E-state index in [1.54, 1.807) is 31.2 Å². The van der Waals surface area contributed by atoms with Gasteiger partial charge in [0.2, 0.25) is 5.56 Å². The van der Waals surface area contributed by atoms with Crippen molar-refractivity contribution in [2.45, 2.75) is 20.3 Å². The van der Waals surface area contributed by atoms with Crippen molar-refractivity contribution in [3.05, 3.63) is 56.7 Å². The van der Waals surface area contributed by atoms with Gasteiger partial charge in [0.1, 0.15) is 9.71 Å². The van der Waals surface area contributed by atoms with Crippen LogP contribution in [0.25, 0.3) is 10.2 Å². The summed E-state index contributed by atoms with van der Waals surface area (Å²) in [7, 11) is 0. The fourth-order valence-electron chi connectivity index (χ4n) is 2.66. The Balaban J connectivity index is 1.80. The highest BCUT2D eigenvalue weighted by Crippen LogP contribution is 2.34. The normalized spacial score (nSPS) is 10.7. The Morgan fingerprint density at radius 1 is 1.26 bits per heavy atom. The number of H-pyrrole nitrogens is 1. The highest BCUT2D eigenvalue weighted by molar-refractivity contribution is 7.21. The molecule has 0 unspecified atom stereocenters. The van der Waals surface area contributed by atoms with Gasteiger partial charge in [-0.25, -0.2) is 4.79 Å². The fraction of sp³-hybridized carbons (Fsp3) is 0.211. The van der Waals surface area contributed by atoms with E-state index in [0.29, 0.717) is 38.6 Å². The number of rotatable bonds is 5. The third-order valence-electron chi connectivity index (χ3n) is 3.95. The van der Waals surface area contributed by atoms with Gasteiger partial charge in [-0.3, -0.25) is 9.59 Å². The van der Waals surface area contributed by atoms with Gasteiger partial charge in [0.05, 0.1) is 17.9 Å². The van der Waals surface area contributed by atoms with Gasteiger partial charge in [0, 0.05) is 17.1 Å². The minimum absolute atomic E-state index is 0.237. The van der Waals surface area contributed by atoms with E-state index in [2.05, 4.69) is 10.3 Å². The SMILES string of the molecule is CCCOC(=O)c1ccc(NC(=O)c2sc3[nH]c(=O)cc(C)c3c2N)cc1. The van der Waals surface area contributed by atoms with E-state index in [1.807, 2.05) is 6.92 Å². The number of carbonyl (C=O) groups is 2. The number of aryl methyl sites for hydroxylation is 1. The quantitative estimate of drug-likeness (QED) is 0.583. The zero-order valence-electron chi connectivity index (χ0n) is 14.9. The molecule has 0 aliphatic rings. The minimum atomic E-state index is -0.400. The number of hydrogen-bond acceptors (Lipinski definition) is 6. The zero-order chi connectivity index (χ0) is 19.6. The average Bonchev–Trinajstić information content (AvgIpc) is 2.97. The molecule has 140 valence electrons. The van der Waals surface area contributed by atoms with Gasteiger partial charge < -0.3 is 20.8 Å². The molecule has 2 aromatic heterocycles. The van der Waals surface area contributed by atoms with Crippen LogP contribution in [-0.4, -0.2) is 23.5 Å². The van der Waals surface area contributed by atoms with E-state index in [9.17, 15) is 14.4 Å². The highest BCUT2D eigenvalue weighted by atomic mass is 32.1. The predicted octanol–water partition coefficient (Wildman–Crippen LogP) is 3.30. The predicted molar refractivity (Wildman–Crippen MR) is 107 cm³/mol. The fourth-order valence-corrected chi connectivity index (χ4v) is 3.75. The number of ether oxygens (including phenoxy) is 1. The van der Waals surface area contributed by atoms with Crippen LogP contribution in [0.3, 0.4) is 0 Å². The molecule has 8 heteroatoms. The number of fused-ring (bicyclic) bond motifs is 1. The van der Waals surface area contributed by atoms with Gasteiger partial charge in [-0.05, 0) is 43.2 Å². The molecule has 0 atom stereocenters. The van der Waals surface area contributed by atoms with Crippen molar-refractivity contribution in [2.24, 2.45) is 0 Å². The molecule has 0 fully saturated rings. The monoisotopic (exact) mass is 385 g/mol. The molecular weight excluding hydrogens is 366 g/mol. The molecule has 0 bridgehead atoms. The summed E-state index contributed by atoms with van der Waals surface area (Å²) in [6, 6.07) is 7.87. The van der Waals surface area contributed by atoms with Crippen molar-refractivity contribution in [3.8, 4) is 0 Å². The van der Waals surface area contributed by atoms with E-state index in [4.69, 9.17) is 10.5 Å². The number of benzene rings is 1. The molecule has 3 rings (SSSR count). The van der Waals surface area contributed by atoms with E-state index in [0.717, 1.165) is 23.3 Å². The van der Waals surface area contributed by atoms with Crippen LogP contribution >= 0.6 is 11.3 Å². The first-order valence-electron chi connectivity index (χ1n) is 8.41. The number of esters is 1. The van der Waals surface area contributed by atoms with Crippen LogP contribution < -0.4 is 16.6 Å². The molecule has 0 spiro atoms. The van der Waals surface area contributed by atoms with Crippen LogP contribution in [0, 0.1) is 6.92 Å². The number of nitrogen functional groups attached to an aromatic ring is 1. The van der Waals surface area contributed by atoms with E-state index in [-0.39, 0.29) is 11.5 Å². The lowest BCUT2D eigenvalue weighted by Gasteiger charge is -2.06. The second-order valence-corrected chi connectivity index (χ2v) is 7.05. The van der Waals surface area contributed by atoms with Gasteiger partial charge >= 0.3 is 5.97 Å². The summed E-state index contributed by atoms with van der Waals surface area (Å²) in [5.41, 5.74) is 7.87. The second kappa shape index (κ2) is 7.63. The smallest absolute Gasteiger partial charge is 0.338 e. The number of hydrogen-bond donors (Lipinski definition) is 3. The maximum absolute atomic E-state index is 12.6. The van der Waals surface area contributed by atoms with Crippen LogP contribution in [0.15, 0.2) is 35.1 Å². The number of aromatic nitrogens is 1. The van der Waals surface area contributed by atoms with Crippen molar-refractivity contribution >= 4 is 44.8 Å². The molecular formula is C19H19N3O4S. The first kappa shape index (κ1) is 18.7. The van der Waals surface area contributed by atoms with Crippen molar-refractivity contribution in [1.29, 1.82) is 0 Å². The summed E-state index contributed by atoms with van der Waals surface area (Å²) >= 11 is 1.13. The first-order chi connectivity index (χ1) is 12.9. The molecule has 0 saturated carbocycles. The molecule has 4 N–H and O–H groups in total. The Morgan fingerprint density at radius 3 is 2.63 bits per heavy atom. The lowest BCUT2D eigenvalue weighted by molar-refractivity contribution is 0.0505. The summed E-state index contributed by atoms with van der Waals surface area (Å²) in [5, 5.41) is 3.43. The van der Waals surface area contributed by atoms with Crippen molar-refractivity contribution in [2.75, 3.05) is 17.7 Å². The number of nitrogens with one attached hydrogen (secondary N) is 2. The van der Waals surface area contributed by atoms with Crippen LogP contribution in [0.5, 0.6) is 0 Å². The van der Waals surface area contributed by atoms with Gasteiger partial charge in [-0.2, -0.15) is 0 Å². The van der Waals surface area contributed by atoms with E-state index >= 15 is 0 Å². The Hall–Kier alpha value is -3.13. The van der Waals surface area contributed by atoms with Gasteiger partial charge in [0.25, 0.3) is 5.91 Å². The van der Waals surface area contributed by atoms with Crippen LogP contribution in [0.1, 0.15) is 38.9 Å². The largest absolute Gasteiger partial charge is 0.462 e. The highest BCUT2D eigenvalue weighted by Gasteiger charge is 2.19. The maximum atomic E-state index is 12.6. The van der Waals surface area contributed by atoms with Gasteiger partial charge in [0.15, 0.2) is 0 Å². The number of nitrogens with two attached hydrogens (primary N) is 1. The summed E-state index contributed by atoms with van der Waals surface area (Å²) in [4.78, 5) is 39.6. The van der Waals surface area contributed by atoms with Gasteiger partial charge in [-0.1, -0.05) is 6.92 Å². The van der Waals surface area contributed by atoms with Crippen molar-refractivity contribution in [3.63, 3.8) is 0 Å². The lowest BCUT2D eigenvalue weighted by atomic mass is 10.1. The Kier molecular flexibility index (Phi) is 5.27. The molecule has 1 amide bonds. The van der Waals surface area contributed by atoms with E-state index in [1.165, 1.54) is 6.07 Å². The molecule has 1 aromatic carbocycles. The van der Waals surface area contributed by atoms with Crippen molar-refractivity contribution < 1.29 is 14.3 Å². The number of thiophene rings is 1. The second-order valence-electron chi connectivity index (χ2n) is 6.03. The maximum Gasteiger partial charge on any atom is 0.338 e. The first-order valence-corrected chi connectivity index (χ1v) is 9.22. The number of anilines is 2. The Bertz CT molecular complexity index is 1070. The minimum Gasteiger partial charge on any atom is -0.462 e. The molecule has 0 saturated heterocycles. The summed E-state index contributed by atoms with van der Waals surface area (Å²) in [6.07, 6.45) is 0.751. The number of carbonyl (C=O) groups excluding carboxylic acids is 2. The van der Waals surface area contributed by atoms with Crippen LogP contribution in [0.2, 0.25) is 0 Å². The topological polar surface area (TPSA) is 114 Å². The summed E-state index contributed by atoms with van der Waals surface area (Å²) < 4.78 is 5.07. The molecule has 0 radical (unpaired) electrons. The molecule has 2 heterocycles. The molecule has 7 nitrogen and oxygen atoms in total. The third-order valence-corrected chi connectivity index (χ3v) is 5.07. The summed E-state index contributed by atoms with van der Waals surface area (Å²) in [6.45, 7) is 4.06. The molecule has 3 aromatic rings. The number of aromatic amines is 1. The lowest BCUT2D eigenvalue weighted by Crippen LogP contribution is -2.12. The zero-order valence-corrected chi connectivity index (χ0v) is 15.7. The molecule has 27 heavy (non-hydrogen) atoms. The standard InChI is InChI=1S/C19H19N3O4S/c1-3-8-26-19(25)11-4-6-12(7-5-11)21-17(24)16-15(20)14-10(2)9-13(23)22-18(14)27-16/h4-7,9H,3,8,20H2,1-2H3,(H,21,24)(H,22,23).